The van der Waals surface area contributed by atoms with Crippen LogP contribution in [0.5, 0.6) is 17.2 Å². The van der Waals surface area contributed by atoms with E-state index in [1.54, 1.807) is 49.4 Å². The van der Waals surface area contributed by atoms with Crippen LogP contribution < -0.4 is 14.2 Å². The molecule has 0 spiro atoms. The number of rotatable bonds is 16. The summed E-state index contributed by atoms with van der Waals surface area (Å²) in [6, 6.07) is 21.5. The van der Waals surface area contributed by atoms with Crippen molar-refractivity contribution >= 4 is 30.0 Å². The predicted molar refractivity (Wildman–Crippen MR) is 166 cm³/mol. The van der Waals surface area contributed by atoms with Gasteiger partial charge in [-0.15, -0.1) is 0 Å². The topological polar surface area (TPSA) is 124 Å². The monoisotopic (exact) mass is 614 g/mol. The number of hydrogen-bond donors (Lipinski definition) is 0. The molecule has 0 atom stereocenters. The average molecular weight is 615 g/mol. The third-order valence-electron chi connectivity index (χ3n) is 5.95. The molecule has 0 saturated carbocycles. The summed E-state index contributed by atoms with van der Waals surface area (Å²) in [4.78, 5) is 46.7. The van der Waals surface area contributed by atoms with Crippen molar-refractivity contribution in [2.45, 2.75) is 13.3 Å². The standard InChI is InChI=1S/C35H34O10/c1-24(2)34(38)43-21-19-42-30-14-8-27(9-15-30)28-10-16-31(17-11-28)45-32(36)18-7-26-5-12-29(13-6-26)41-20-22-44-35(39)25(3)23-33(37)40-4/h5-18H,1,3,19-23H2,2,4H3/b18-7+. The lowest BCUT2D eigenvalue weighted by atomic mass is 10.1. The normalized spacial score (nSPS) is 10.4. The molecule has 10 nitrogen and oxygen atoms in total. The molecule has 0 saturated heterocycles. The van der Waals surface area contributed by atoms with E-state index in [1.165, 1.54) is 13.2 Å². The van der Waals surface area contributed by atoms with Gasteiger partial charge in [0.2, 0.25) is 0 Å². The zero-order chi connectivity index (χ0) is 32.6. The molecule has 0 bridgehead atoms. The Labute approximate surface area is 261 Å². The van der Waals surface area contributed by atoms with Gasteiger partial charge in [-0.05, 0) is 66.1 Å². The lowest BCUT2D eigenvalue weighted by molar-refractivity contribution is -0.144. The van der Waals surface area contributed by atoms with E-state index in [4.69, 9.17) is 23.7 Å². The first-order valence-corrected chi connectivity index (χ1v) is 13.8. The van der Waals surface area contributed by atoms with Crippen LogP contribution in [0.25, 0.3) is 17.2 Å². The van der Waals surface area contributed by atoms with E-state index in [-0.39, 0.29) is 38.4 Å². The van der Waals surface area contributed by atoms with Crippen molar-refractivity contribution in [3.63, 3.8) is 0 Å². The summed E-state index contributed by atoms with van der Waals surface area (Å²) in [5, 5.41) is 0. The molecule has 0 aliphatic carbocycles. The van der Waals surface area contributed by atoms with Gasteiger partial charge in [-0.25, -0.2) is 14.4 Å². The van der Waals surface area contributed by atoms with Gasteiger partial charge in [-0.1, -0.05) is 49.6 Å². The molecule has 0 aliphatic rings. The Hall–Kier alpha value is -5.64. The highest BCUT2D eigenvalue weighted by atomic mass is 16.6. The smallest absolute Gasteiger partial charge is 0.336 e. The van der Waals surface area contributed by atoms with Crippen LogP contribution in [-0.4, -0.2) is 57.4 Å². The number of hydrogen-bond acceptors (Lipinski definition) is 10. The third kappa shape index (κ3) is 11.9. The highest BCUT2D eigenvalue weighted by Gasteiger charge is 2.13. The lowest BCUT2D eigenvalue weighted by Gasteiger charge is -2.09. The molecule has 0 fully saturated rings. The maximum Gasteiger partial charge on any atom is 0.336 e. The van der Waals surface area contributed by atoms with Gasteiger partial charge in [0.15, 0.2) is 0 Å². The molecule has 234 valence electrons. The Morgan fingerprint density at radius 2 is 1.16 bits per heavy atom. The van der Waals surface area contributed by atoms with E-state index >= 15 is 0 Å². The molecule has 3 aromatic carbocycles. The van der Waals surface area contributed by atoms with Crippen molar-refractivity contribution < 1.29 is 47.6 Å². The first kappa shape index (κ1) is 33.9. The number of esters is 4. The summed E-state index contributed by atoms with van der Waals surface area (Å²) >= 11 is 0. The molecule has 0 heterocycles. The largest absolute Gasteiger partial charge is 0.490 e. The number of benzene rings is 3. The maximum absolute atomic E-state index is 12.3. The SMILES string of the molecule is C=C(C)C(=O)OCCOc1ccc(-c2ccc(OC(=O)/C=C/c3ccc(OCCOC(=O)C(=C)CC(=O)OC)cc3)cc2)cc1. The molecule has 0 amide bonds. The molecule has 0 radical (unpaired) electrons. The highest BCUT2D eigenvalue weighted by Crippen LogP contribution is 2.25. The van der Waals surface area contributed by atoms with Gasteiger partial charge in [0.25, 0.3) is 0 Å². The molecular formula is C35H34O10. The highest BCUT2D eigenvalue weighted by molar-refractivity contribution is 5.93. The van der Waals surface area contributed by atoms with E-state index in [2.05, 4.69) is 17.9 Å². The van der Waals surface area contributed by atoms with Crippen LogP contribution in [-0.2, 0) is 33.4 Å². The first-order valence-electron chi connectivity index (χ1n) is 13.8. The first-order chi connectivity index (χ1) is 21.6. The summed E-state index contributed by atoms with van der Waals surface area (Å²) in [6.07, 6.45) is 2.70. The molecule has 10 heteroatoms. The van der Waals surface area contributed by atoms with E-state index in [1.807, 2.05) is 36.4 Å². The fourth-order valence-electron chi connectivity index (χ4n) is 3.58. The van der Waals surface area contributed by atoms with E-state index < -0.39 is 23.9 Å². The maximum atomic E-state index is 12.3. The molecule has 3 rings (SSSR count). The van der Waals surface area contributed by atoms with Gasteiger partial charge in [0.05, 0.1) is 13.5 Å². The second-order valence-electron chi connectivity index (χ2n) is 9.48. The Balaban J connectivity index is 1.39. The molecule has 0 N–H and O–H groups in total. The zero-order valence-electron chi connectivity index (χ0n) is 25.1. The lowest BCUT2D eigenvalue weighted by Crippen LogP contribution is -2.15. The second-order valence-corrected chi connectivity index (χ2v) is 9.48. The van der Waals surface area contributed by atoms with Crippen molar-refractivity contribution in [3.05, 3.63) is 109 Å². The molecule has 0 unspecified atom stereocenters. The molecular weight excluding hydrogens is 580 g/mol. The van der Waals surface area contributed by atoms with Crippen LogP contribution in [0.1, 0.15) is 18.9 Å². The fourth-order valence-corrected chi connectivity index (χ4v) is 3.58. The van der Waals surface area contributed by atoms with Gasteiger partial charge in [-0.2, -0.15) is 0 Å². The molecule has 3 aromatic rings. The van der Waals surface area contributed by atoms with Crippen molar-refractivity contribution in [3.8, 4) is 28.4 Å². The van der Waals surface area contributed by atoms with Crippen LogP contribution in [0.15, 0.2) is 103 Å². The summed E-state index contributed by atoms with van der Waals surface area (Å²) in [5.41, 5.74) is 2.97. The summed E-state index contributed by atoms with van der Waals surface area (Å²) in [5.74, 6) is -0.661. The predicted octanol–water partition coefficient (Wildman–Crippen LogP) is 5.51. The van der Waals surface area contributed by atoms with Crippen LogP contribution >= 0.6 is 0 Å². The van der Waals surface area contributed by atoms with Crippen LogP contribution in [0.2, 0.25) is 0 Å². The minimum absolute atomic E-state index is 0.000834. The summed E-state index contributed by atoms with van der Waals surface area (Å²) < 4.78 is 31.0. The molecule has 0 aliphatic heterocycles. The van der Waals surface area contributed by atoms with Gasteiger partial charge in [0.1, 0.15) is 43.7 Å². The molecule has 0 aromatic heterocycles. The third-order valence-corrected chi connectivity index (χ3v) is 5.95. The van der Waals surface area contributed by atoms with E-state index in [9.17, 15) is 19.2 Å². The molecule has 45 heavy (non-hydrogen) atoms. The fraction of sp³-hybridized carbons (Fsp3) is 0.200. The van der Waals surface area contributed by atoms with Crippen molar-refractivity contribution in [1.29, 1.82) is 0 Å². The van der Waals surface area contributed by atoms with E-state index in [0.717, 1.165) is 16.7 Å². The van der Waals surface area contributed by atoms with Crippen molar-refractivity contribution in [1.82, 2.24) is 0 Å². The van der Waals surface area contributed by atoms with Crippen molar-refractivity contribution in [2.24, 2.45) is 0 Å². The number of carbonyl (C=O) groups is 4. The van der Waals surface area contributed by atoms with Crippen LogP contribution in [0, 0.1) is 0 Å². The second kappa shape index (κ2) is 17.5. The van der Waals surface area contributed by atoms with Gasteiger partial charge >= 0.3 is 23.9 Å². The number of methoxy groups -OCH3 is 1. The number of carbonyl (C=O) groups excluding carboxylic acids is 4. The minimum atomic E-state index is -0.692. The van der Waals surface area contributed by atoms with Crippen LogP contribution in [0.3, 0.4) is 0 Å². The van der Waals surface area contributed by atoms with Crippen molar-refractivity contribution in [2.75, 3.05) is 33.5 Å². The van der Waals surface area contributed by atoms with E-state index in [0.29, 0.717) is 22.8 Å². The quantitative estimate of drug-likeness (QED) is 0.0671. The number of ether oxygens (including phenoxy) is 6. The Bertz CT molecular complexity index is 1520. The summed E-state index contributed by atoms with van der Waals surface area (Å²) in [7, 11) is 1.22. The average Bonchev–Trinajstić information content (AvgIpc) is 3.05. The van der Waals surface area contributed by atoms with Crippen LogP contribution in [0.4, 0.5) is 0 Å². The summed E-state index contributed by atoms with van der Waals surface area (Å²) in [6.45, 7) is 9.06. The van der Waals surface area contributed by atoms with Gasteiger partial charge in [0, 0.05) is 17.2 Å². The zero-order valence-corrected chi connectivity index (χ0v) is 25.1. The van der Waals surface area contributed by atoms with Gasteiger partial charge < -0.3 is 28.4 Å². The Kier molecular flexibility index (Phi) is 13.1. The van der Waals surface area contributed by atoms with Gasteiger partial charge in [-0.3, -0.25) is 4.79 Å². The Morgan fingerprint density at radius 3 is 1.67 bits per heavy atom. The Morgan fingerprint density at radius 1 is 0.667 bits per heavy atom. The minimum Gasteiger partial charge on any atom is -0.490 e.